The molecule has 2 heterocycles. The van der Waals surface area contributed by atoms with Crippen LogP contribution in [-0.2, 0) is 0 Å². The number of benzene rings is 1. The van der Waals surface area contributed by atoms with Gasteiger partial charge in [-0.25, -0.2) is 4.98 Å². The SMILES string of the molecule is O=C(c1n[nH]c(C2CC2)n1)N1CCCOc2ccccc21. The summed E-state index contributed by atoms with van der Waals surface area (Å²) in [6.45, 7) is 1.23. The first-order chi connectivity index (χ1) is 10.3. The van der Waals surface area contributed by atoms with Crippen LogP contribution in [0.5, 0.6) is 5.75 Å². The molecule has 1 amide bonds. The number of carbonyl (C=O) groups excluding carboxylic acids is 1. The summed E-state index contributed by atoms with van der Waals surface area (Å²) in [7, 11) is 0. The number of aromatic nitrogens is 3. The lowest BCUT2D eigenvalue weighted by Gasteiger charge is -2.19. The number of ether oxygens (including phenoxy) is 1. The van der Waals surface area contributed by atoms with E-state index in [0.29, 0.717) is 19.1 Å². The predicted octanol–water partition coefficient (Wildman–Crippen LogP) is 2.11. The van der Waals surface area contributed by atoms with Crippen LogP contribution in [0.3, 0.4) is 0 Å². The normalized spacial score (nSPS) is 17.8. The molecule has 0 saturated heterocycles. The van der Waals surface area contributed by atoms with E-state index in [1.807, 2.05) is 24.3 Å². The molecule has 4 rings (SSSR count). The zero-order chi connectivity index (χ0) is 14.2. The van der Waals surface area contributed by atoms with E-state index in [4.69, 9.17) is 4.74 Å². The summed E-state index contributed by atoms with van der Waals surface area (Å²) in [6, 6.07) is 7.59. The van der Waals surface area contributed by atoms with E-state index in [9.17, 15) is 4.79 Å². The van der Waals surface area contributed by atoms with Gasteiger partial charge in [0.2, 0.25) is 5.82 Å². The Labute approximate surface area is 122 Å². The number of nitrogens with zero attached hydrogens (tertiary/aromatic N) is 3. The fourth-order valence-corrected chi connectivity index (χ4v) is 2.57. The number of fused-ring (bicyclic) bond motifs is 1. The van der Waals surface area contributed by atoms with Crippen LogP contribution in [0.2, 0.25) is 0 Å². The fourth-order valence-electron chi connectivity index (χ4n) is 2.57. The van der Waals surface area contributed by atoms with Crippen LogP contribution in [0.15, 0.2) is 24.3 Å². The quantitative estimate of drug-likeness (QED) is 0.917. The van der Waals surface area contributed by atoms with Crippen molar-refractivity contribution in [3.05, 3.63) is 35.9 Å². The van der Waals surface area contributed by atoms with E-state index < -0.39 is 0 Å². The maximum atomic E-state index is 12.7. The van der Waals surface area contributed by atoms with Gasteiger partial charge in [0.05, 0.1) is 12.3 Å². The van der Waals surface area contributed by atoms with E-state index in [1.165, 1.54) is 0 Å². The van der Waals surface area contributed by atoms with Crippen molar-refractivity contribution in [1.29, 1.82) is 0 Å². The predicted molar refractivity (Wildman–Crippen MR) is 76.6 cm³/mol. The molecule has 1 aromatic carbocycles. The van der Waals surface area contributed by atoms with Crippen molar-refractivity contribution in [2.45, 2.75) is 25.2 Å². The molecule has 1 aromatic heterocycles. The van der Waals surface area contributed by atoms with Gasteiger partial charge in [-0.1, -0.05) is 12.1 Å². The molecule has 1 fully saturated rings. The first-order valence-corrected chi connectivity index (χ1v) is 7.29. The smallest absolute Gasteiger partial charge is 0.298 e. The maximum absolute atomic E-state index is 12.7. The number of anilines is 1. The Hall–Kier alpha value is -2.37. The summed E-state index contributed by atoms with van der Waals surface area (Å²) in [4.78, 5) is 18.8. The molecule has 0 radical (unpaired) electrons. The summed E-state index contributed by atoms with van der Waals surface area (Å²) in [5.41, 5.74) is 0.790. The highest BCUT2D eigenvalue weighted by Gasteiger charge is 2.30. The van der Waals surface area contributed by atoms with Crippen LogP contribution < -0.4 is 9.64 Å². The minimum Gasteiger partial charge on any atom is -0.491 e. The van der Waals surface area contributed by atoms with Gasteiger partial charge in [-0.15, -0.1) is 5.10 Å². The molecule has 1 aliphatic heterocycles. The molecular weight excluding hydrogens is 268 g/mol. The number of para-hydroxylation sites is 2. The first kappa shape index (κ1) is 12.4. The molecule has 0 atom stereocenters. The molecule has 108 valence electrons. The number of nitrogens with one attached hydrogen (secondary N) is 1. The molecule has 2 aromatic rings. The fraction of sp³-hybridized carbons (Fsp3) is 0.400. The van der Waals surface area contributed by atoms with E-state index in [0.717, 1.165) is 36.5 Å². The van der Waals surface area contributed by atoms with E-state index in [-0.39, 0.29) is 11.7 Å². The van der Waals surface area contributed by atoms with E-state index >= 15 is 0 Å². The number of aromatic amines is 1. The average molecular weight is 284 g/mol. The number of hydrogen-bond acceptors (Lipinski definition) is 4. The van der Waals surface area contributed by atoms with Crippen molar-refractivity contribution in [2.75, 3.05) is 18.1 Å². The summed E-state index contributed by atoms with van der Waals surface area (Å²) in [6.07, 6.45) is 3.05. The minimum atomic E-state index is -0.170. The Morgan fingerprint density at radius 2 is 2.19 bits per heavy atom. The molecule has 0 bridgehead atoms. The van der Waals surface area contributed by atoms with Crippen LogP contribution in [0.4, 0.5) is 5.69 Å². The van der Waals surface area contributed by atoms with Gasteiger partial charge in [-0.2, -0.15) is 0 Å². The summed E-state index contributed by atoms with van der Waals surface area (Å²) in [5.74, 6) is 2.10. The highest BCUT2D eigenvalue weighted by molar-refractivity contribution is 6.04. The number of carbonyl (C=O) groups is 1. The molecule has 6 nitrogen and oxygen atoms in total. The monoisotopic (exact) mass is 284 g/mol. The minimum absolute atomic E-state index is 0.170. The Bertz CT molecular complexity index is 678. The van der Waals surface area contributed by atoms with Crippen LogP contribution in [0, 0.1) is 0 Å². The van der Waals surface area contributed by atoms with Crippen LogP contribution in [0.25, 0.3) is 0 Å². The van der Waals surface area contributed by atoms with Crippen LogP contribution in [0.1, 0.15) is 41.6 Å². The summed E-state index contributed by atoms with van der Waals surface area (Å²) < 4.78 is 5.68. The zero-order valence-corrected chi connectivity index (χ0v) is 11.6. The zero-order valence-electron chi connectivity index (χ0n) is 11.6. The molecular formula is C15H16N4O2. The molecule has 1 N–H and O–H groups in total. The highest BCUT2D eigenvalue weighted by Crippen LogP contribution is 2.38. The van der Waals surface area contributed by atoms with Crippen LogP contribution >= 0.6 is 0 Å². The van der Waals surface area contributed by atoms with Gasteiger partial charge >= 0.3 is 0 Å². The third-order valence-corrected chi connectivity index (χ3v) is 3.84. The Morgan fingerprint density at radius 1 is 1.33 bits per heavy atom. The Morgan fingerprint density at radius 3 is 3.05 bits per heavy atom. The summed E-state index contributed by atoms with van der Waals surface area (Å²) in [5, 5.41) is 6.98. The molecule has 2 aliphatic rings. The topological polar surface area (TPSA) is 71.1 Å². The standard InChI is InChI=1S/C15H16N4O2/c20-15(14-16-13(17-18-14)10-6-7-10)19-8-3-9-21-12-5-2-1-4-11(12)19/h1-2,4-5,10H,3,6-9H2,(H,16,17,18). The Kier molecular flexibility index (Phi) is 2.87. The summed E-state index contributed by atoms with van der Waals surface area (Å²) >= 11 is 0. The van der Waals surface area contributed by atoms with E-state index in [2.05, 4.69) is 15.2 Å². The van der Waals surface area contributed by atoms with Crippen molar-refractivity contribution in [1.82, 2.24) is 15.2 Å². The molecule has 21 heavy (non-hydrogen) atoms. The second-order valence-electron chi connectivity index (χ2n) is 5.45. The lowest BCUT2D eigenvalue weighted by molar-refractivity contribution is 0.0977. The lowest BCUT2D eigenvalue weighted by atomic mass is 10.2. The van der Waals surface area contributed by atoms with Gasteiger partial charge in [0.1, 0.15) is 11.6 Å². The van der Waals surface area contributed by atoms with E-state index in [1.54, 1.807) is 4.90 Å². The van der Waals surface area contributed by atoms with Gasteiger partial charge in [0.15, 0.2) is 0 Å². The highest BCUT2D eigenvalue weighted by atomic mass is 16.5. The number of H-pyrrole nitrogens is 1. The number of hydrogen-bond donors (Lipinski definition) is 1. The van der Waals surface area contributed by atoms with Gasteiger partial charge in [0.25, 0.3) is 5.91 Å². The van der Waals surface area contributed by atoms with Crippen molar-refractivity contribution >= 4 is 11.6 Å². The van der Waals surface area contributed by atoms with Crippen molar-refractivity contribution in [3.8, 4) is 5.75 Å². The second-order valence-corrected chi connectivity index (χ2v) is 5.45. The van der Waals surface area contributed by atoms with Gasteiger partial charge in [0, 0.05) is 12.5 Å². The van der Waals surface area contributed by atoms with Gasteiger partial charge < -0.3 is 9.64 Å². The van der Waals surface area contributed by atoms with Crippen molar-refractivity contribution < 1.29 is 9.53 Å². The Balaban J connectivity index is 1.66. The average Bonchev–Trinajstić information content (AvgIpc) is 3.28. The molecule has 6 heteroatoms. The van der Waals surface area contributed by atoms with Gasteiger partial charge in [-0.3, -0.25) is 9.89 Å². The number of amides is 1. The third kappa shape index (κ3) is 2.26. The third-order valence-electron chi connectivity index (χ3n) is 3.84. The molecule has 1 saturated carbocycles. The second kappa shape index (κ2) is 4.87. The number of rotatable bonds is 2. The van der Waals surface area contributed by atoms with Crippen molar-refractivity contribution in [3.63, 3.8) is 0 Å². The van der Waals surface area contributed by atoms with Crippen molar-refractivity contribution in [2.24, 2.45) is 0 Å². The molecule has 0 unspecified atom stereocenters. The maximum Gasteiger partial charge on any atom is 0.298 e. The molecule has 0 spiro atoms. The first-order valence-electron chi connectivity index (χ1n) is 7.29. The van der Waals surface area contributed by atoms with Gasteiger partial charge in [-0.05, 0) is 31.4 Å². The lowest BCUT2D eigenvalue weighted by Crippen LogP contribution is -2.32. The molecule has 1 aliphatic carbocycles. The van der Waals surface area contributed by atoms with Crippen LogP contribution in [-0.4, -0.2) is 34.2 Å². The largest absolute Gasteiger partial charge is 0.491 e.